The predicted molar refractivity (Wildman–Crippen MR) is 120 cm³/mol. The van der Waals surface area contributed by atoms with Crippen LogP contribution in [-0.4, -0.2) is 86.8 Å². The molecular formula is C19H24N6O5S2. The first kappa shape index (κ1) is 22.6. The molecule has 0 aliphatic carbocycles. The minimum atomic E-state index is -1.13. The Kier molecular flexibility index (Phi) is 6.40. The molecule has 172 valence electrons. The van der Waals surface area contributed by atoms with E-state index in [1.165, 1.54) is 23.8 Å². The molecule has 0 aromatic carbocycles. The number of hydrogen-bond acceptors (Lipinski definition) is 10. The van der Waals surface area contributed by atoms with Gasteiger partial charge in [0, 0.05) is 17.2 Å². The molecule has 4 rings (SSSR count). The number of carboxylic acid groups (broad SMARTS) is 1. The second kappa shape index (κ2) is 9.08. The number of carboxylic acids is 1. The number of hydrogen-bond donors (Lipinski definition) is 3. The number of rotatable bonds is 7. The summed E-state index contributed by atoms with van der Waals surface area (Å²) >= 11 is 2.59. The Hall–Kier alpha value is -2.64. The van der Waals surface area contributed by atoms with E-state index in [-0.39, 0.29) is 28.3 Å². The van der Waals surface area contributed by atoms with Crippen molar-refractivity contribution in [3.63, 3.8) is 0 Å². The average Bonchev–Trinajstić information content (AvgIpc) is 3.46. The van der Waals surface area contributed by atoms with Crippen molar-refractivity contribution < 1.29 is 24.3 Å². The number of carbonyl (C=O) groups excluding carboxylic acids is 2. The van der Waals surface area contributed by atoms with E-state index in [0.717, 1.165) is 42.8 Å². The maximum absolute atomic E-state index is 12.9. The monoisotopic (exact) mass is 480 g/mol. The first-order chi connectivity index (χ1) is 15.3. The Morgan fingerprint density at radius 2 is 2.12 bits per heavy atom. The molecule has 4 heterocycles. The Labute approximate surface area is 192 Å². The lowest BCUT2D eigenvalue weighted by Crippen LogP contribution is -2.71. The van der Waals surface area contributed by atoms with Gasteiger partial charge in [-0.1, -0.05) is 5.16 Å². The molecule has 1 unspecified atom stereocenters. The summed E-state index contributed by atoms with van der Waals surface area (Å²) in [6.07, 6.45) is 2.17. The highest BCUT2D eigenvalue weighted by Gasteiger charge is 2.55. The zero-order valence-electron chi connectivity index (χ0n) is 17.6. The molecule has 4 N–H and O–H groups in total. The number of β-lactam (4-membered cyclic amide) rings is 1. The Balaban J connectivity index is 1.53. The molecule has 11 nitrogen and oxygen atoms in total. The second-order valence-corrected chi connectivity index (χ2v) is 9.65. The zero-order chi connectivity index (χ0) is 23.0. The highest BCUT2D eigenvalue weighted by molar-refractivity contribution is 8.00. The smallest absolute Gasteiger partial charge is 0.352 e. The number of aliphatic carboxylic acids is 1. The van der Waals surface area contributed by atoms with Gasteiger partial charge < -0.3 is 21.0 Å². The second-order valence-electron chi connectivity index (χ2n) is 7.65. The van der Waals surface area contributed by atoms with E-state index in [2.05, 4.69) is 20.4 Å². The van der Waals surface area contributed by atoms with Gasteiger partial charge in [0.1, 0.15) is 29.9 Å². The highest BCUT2D eigenvalue weighted by atomic mass is 32.2. The van der Waals surface area contributed by atoms with E-state index in [1.54, 1.807) is 5.38 Å². The van der Waals surface area contributed by atoms with E-state index in [1.807, 2.05) is 6.92 Å². The number of nitrogens with two attached hydrogens (primary N) is 1. The number of anilines is 1. The highest BCUT2D eigenvalue weighted by Crippen LogP contribution is 2.42. The summed E-state index contributed by atoms with van der Waals surface area (Å²) in [7, 11) is 1.29. The van der Waals surface area contributed by atoms with Gasteiger partial charge in [0.15, 0.2) is 10.8 Å². The summed E-state index contributed by atoms with van der Waals surface area (Å²) in [5.41, 5.74) is 6.53. The molecule has 1 aromatic rings. The molecular weight excluding hydrogens is 456 g/mol. The van der Waals surface area contributed by atoms with Crippen LogP contribution in [0.25, 0.3) is 0 Å². The number of aromatic nitrogens is 1. The number of nitrogens with zero attached hydrogens (tertiary/aromatic N) is 4. The van der Waals surface area contributed by atoms with Crippen LogP contribution in [0.15, 0.2) is 21.8 Å². The van der Waals surface area contributed by atoms with Crippen molar-refractivity contribution in [2.45, 2.75) is 37.2 Å². The first-order valence-corrected chi connectivity index (χ1v) is 12.0. The summed E-state index contributed by atoms with van der Waals surface area (Å²) in [4.78, 5) is 50.2. The quantitative estimate of drug-likeness (QED) is 0.284. The number of thioether (sulfide) groups is 1. The summed E-state index contributed by atoms with van der Waals surface area (Å²) < 4.78 is 0. The number of oxime groups is 1. The Bertz CT molecular complexity index is 1000. The van der Waals surface area contributed by atoms with Gasteiger partial charge in [0.05, 0.1) is 0 Å². The molecule has 2 fully saturated rings. The van der Waals surface area contributed by atoms with Gasteiger partial charge in [-0.05, 0) is 38.4 Å². The fraction of sp³-hybridized carbons (Fsp3) is 0.526. The number of likely N-dealkylation sites (tertiary alicyclic amines) is 1. The van der Waals surface area contributed by atoms with Crippen LogP contribution >= 0.6 is 23.1 Å². The third-order valence-electron chi connectivity index (χ3n) is 5.84. The molecule has 2 saturated heterocycles. The van der Waals surface area contributed by atoms with Gasteiger partial charge in [0.25, 0.3) is 11.8 Å². The average molecular weight is 481 g/mol. The zero-order valence-corrected chi connectivity index (χ0v) is 19.2. The van der Waals surface area contributed by atoms with Gasteiger partial charge >= 0.3 is 5.97 Å². The van der Waals surface area contributed by atoms with Crippen LogP contribution in [0.1, 0.15) is 25.5 Å². The fourth-order valence-electron chi connectivity index (χ4n) is 4.21. The molecule has 3 aliphatic rings. The lowest BCUT2D eigenvalue weighted by Gasteiger charge is -2.50. The SMILES string of the molecule is CO/N=C(\C(=O)N[C@@H]1C(=O)N2C(C(=O)O)=C(C(C)N3CCCC3)CS[C@H]12)c1csc(N)n1. The molecule has 0 radical (unpaired) electrons. The van der Waals surface area contributed by atoms with Crippen LogP contribution < -0.4 is 11.1 Å². The molecule has 3 aliphatic heterocycles. The van der Waals surface area contributed by atoms with Crippen LogP contribution in [0.5, 0.6) is 0 Å². The predicted octanol–water partition coefficient (Wildman–Crippen LogP) is 0.299. The number of nitrogens with one attached hydrogen (secondary N) is 1. The third-order valence-corrected chi connectivity index (χ3v) is 7.82. The van der Waals surface area contributed by atoms with Crippen LogP contribution in [0.2, 0.25) is 0 Å². The van der Waals surface area contributed by atoms with Crippen molar-refractivity contribution >= 4 is 51.7 Å². The number of nitrogen functional groups attached to an aromatic ring is 1. The molecule has 0 saturated carbocycles. The lowest BCUT2D eigenvalue weighted by molar-refractivity contribution is -0.150. The van der Waals surface area contributed by atoms with Gasteiger partial charge in [-0.15, -0.1) is 23.1 Å². The van der Waals surface area contributed by atoms with E-state index in [4.69, 9.17) is 10.6 Å². The van der Waals surface area contributed by atoms with E-state index < -0.39 is 29.2 Å². The molecule has 0 spiro atoms. The first-order valence-electron chi connectivity index (χ1n) is 10.1. The van der Waals surface area contributed by atoms with Crippen LogP contribution in [0, 0.1) is 0 Å². The normalized spacial score (nSPS) is 24.8. The molecule has 13 heteroatoms. The van der Waals surface area contributed by atoms with Crippen molar-refractivity contribution in [1.29, 1.82) is 0 Å². The van der Waals surface area contributed by atoms with Crippen LogP contribution in [0.4, 0.5) is 5.13 Å². The van der Waals surface area contributed by atoms with Gasteiger partial charge in [-0.25, -0.2) is 9.78 Å². The molecule has 2 amide bonds. The lowest BCUT2D eigenvalue weighted by atomic mass is 9.99. The van der Waals surface area contributed by atoms with Crippen molar-refractivity contribution in [2.75, 3.05) is 31.7 Å². The topological polar surface area (TPSA) is 150 Å². The molecule has 32 heavy (non-hydrogen) atoms. The van der Waals surface area contributed by atoms with E-state index >= 15 is 0 Å². The number of amides is 2. The summed E-state index contributed by atoms with van der Waals surface area (Å²) in [6, 6.07) is -0.933. The minimum absolute atomic E-state index is 0.0294. The van der Waals surface area contributed by atoms with Crippen molar-refractivity contribution in [2.24, 2.45) is 5.16 Å². The third kappa shape index (κ3) is 3.95. The van der Waals surface area contributed by atoms with Crippen molar-refractivity contribution in [1.82, 2.24) is 20.1 Å². The summed E-state index contributed by atoms with van der Waals surface area (Å²) in [5.74, 6) is -1.77. The van der Waals surface area contributed by atoms with Gasteiger partial charge in [-0.2, -0.15) is 0 Å². The van der Waals surface area contributed by atoms with Crippen molar-refractivity contribution in [3.8, 4) is 0 Å². The van der Waals surface area contributed by atoms with Crippen LogP contribution in [0.3, 0.4) is 0 Å². The summed E-state index contributed by atoms with van der Waals surface area (Å²) in [6.45, 7) is 3.82. The fourth-order valence-corrected chi connectivity index (χ4v) is 6.22. The number of fused-ring (bicyclic) bond motifs is 1. The number of thiazole rings is 1. The maximum atomic E-state index is 12.9. The maximum Gasteiger partial charge on any atom is 0.352 e. The number of carbonyl (C=O) groups is 3. The van der Waals surface area contributed by atoms with E-state index in [0.29, 0.717) is 5.75 Å². The van der Waals surface area contributed by atoms with Crippen molar-refractivity contribution in [3.05, 3.63) is 22.3 Å². The van der Waals surface area contributed by atoms with Gasteiger partial charge in [-0.3, -0.25) is 19.4 Å². The van der Waals surface area contributed by atoms with Crippen LogP contribution in [-0.2, 0) is 19.2 Å². The van der Waals surface area contributed by atoms with E-state index in [9.17, 15) is 19.5 Å². The standard InChI is InChI=1S/C19H24N6O5S2/c1-9(24-5-3-4-6-24)10-7-31-17-13(16(27)25(17)14(10)18(28)29)22-15(26)12(23-30-2)11-8-32-19(20)21-11/h8-9,13,17H,3-7H2,1-2H3,(H2,20,21)(H,22,26)(H,28,29)/b23-12-/t9?,13-,17-/m1/s1. The minimum Gasteiger partial charge on any atom is -0.477 e. The Morgan fingerprint density at radius 1 is 1.41 bits per heavy atom. The molecule has 1 aromatic heterocycles. The molecule has 3 atom stereocenters. The molecule has 0 bridgehead atoms. The largest absolute Gasteiger partial charge is 0.477 e. The van der Waals surface area contributed by atoms with Gasteiger partial charge in [0.2, 0.25) is 0 Å². The Morgan fingerprint density at radius 3 is 2.72 bits per heavy atom. The summed E-state index contributed by atoms with van der Waals surface area (Å²) in [5, 5.41) is 17.6.